The molecule has 2 rings (SSSR count). The maximum Gasteiger partial charge on any atom is 0.573 e. The van der Waals surface area contributed by atoms with Gasteiger partial charge in [0.05, 0.1) is 6.61 Å². The topological polar surface area (TPSA) is 29.5 Å². The maximum atomic E-state index is 12.3. The SMILES string of the molecule is CC1(C)CC1(CO)c1ccccc1OC(F)(F)F. The fourth-order valence-electron chi connectivity index (χ4n) is 2.60. The van der Waals surface area contributed by atoms with Gasteiger partial charge in [-0.25, -0.2) is 0 Å². The van der Waals surface area contributed by atoms with E-state index in [1.807, 2.05) is 13.8 Å². The first-order valence-electron chi connectivity index (χ1n) is 5.68. The van der Waals surface area contributed by atoms with E-state index >= 15 is 0 Å². The van der Waals surface area contributed by atoms with Gasteiger partial charge in [-0.15, -0.1) is 13.2 Å². The first-order chi connectivity index (χ1) is 8.22. The standard InChI is InChI=1S/C13H15F3O2/c1-11(2)7-12(11,8-17)9-5-3-4-6-10(9)18-13(14,15)16/h3-6,17H,7-8H2,1-2H3. The summed E-state index contributed by atoms with van der Waals surface area (Å²) in [6.45, 7) is 3.67. The van der Waals surface area contributed by atoms with Crippen LogP contribution in [0.3, 0.4) is 0 Å². The summed E-state index contributed by atoms with van der Waals surface area (Å²) in [5.41, 5.74) is -0.420. The Morgan fingerprint density at radius 2 is 1.83 bits per heavy atom. The molecule has 2 nitrogen and oxygen atoms in total. The monoisotopic (exact) mass is 260 g/mol. The smallest absolute Gasteiger partial charge is 0.405 e. The molecule has 18 heavy (non-hydrogen) atoms. The Labute approximate surface area is 103 Å². The minimum Gasteiger partial charge on any atom is -0.405 e. The molecule has 1 saturated carbocycles. The number of benzene rings is 1. The van der Waals surface area contributed by atoms with Gasteiger partial charge < -0.3 is 9.84 Å². The molecule has 1 aliphatic rings. The van der Waals surface area contributed by atoms with E-state index in [4.69, 9.17) is 0 Å². The first-order valence-corrected chi connectivity index (χ1v) is 5.68. The molecule has 0 heterocycles. The van der Waals surface area contributed by atoms with Crippen LogP contribution in [0.25, 0.3) is 0 Å². The Morgan fingerprint density at radius 1 is 1.28 bits per heavy atom. The van der Waals surface area contributed by atoms with E-state index in [-0.39, 0.29) is 17.8 Å². The van der Waals surface area contributed by atoms with Crippen molar-refractivity contribution in [3.05, 3.63) is 29.8 Å². The van der Waals surface area contributed by atoms with E-state index in [0.29, 0.717) is 12.0 Å². The average molecular weight is 260 g/mol. The Bertz CT molecular complexity index is 454. The van der Waals surface area contributed by atoms with Gasteiger partial charge in [-0.1, -0.05) is 32.0 Å². The molecule has 1 aliphatic carbocycles. The van der Waals surface area contributed by atoms with E-state index in [0.717, 1.165) is 0 Å². The molecule has 0 aromatic heterocycles. The maximum absolute atomic E-state index is 12.3. The summed E-state index contributed by atoms with van der Waals surface area (Å²) in [6, 6.07) is 6.02. The number of rotatable bonds is 3. The predicted molar refractivity (Wildman–Crippen MR) is 60.3 cm³/mol. The van der Waals surface area contributed by atoms with Crippen molar-refractivity contribution in [1.82, 2.24) is 0 Å². The van der Waals surface area contributed by atoms with Crippen LogP contribution in [-0.4, -0.2) is 18.1 Å². The lowest BCUT2D eigenvalue weighted by Gasteiger charge is -2.22. The van der Waals surface area contributed by atoms with Crippen LogP contribution >= 0.6 is 0 Å². The summed E-state index contributed by atoms with van der Waals surface area (Å²) in [7, 11) is 0. The largest absolute Gasteiger partial charge is 0.573 e. The highest BCUT2D eigenvalue weighted by molar-refractivity contribution is 5.46. The van der Waals surface area contributed by atoms with Gasteiger partial charge in [0.1, 0.15) is 5.75 Å². The number of aliphatic hydroxyl groups is 1. The Balaban J connectivity index is 2.40. The molecule has 0 spiro atoms. The molecule has 1 fully saturated rings. The van der Waals surface area contributed by atoms with Crippen molar-refractivity contribution in [1.29, 1.82) is 0 Å². The molecule has 1 aromatic carbocycles. The molecule has 0 radical (unpaired) electrons. The molecule has 1 atom stereocenters. The van der Waals surface area contributed by atoms with Crippen molar-refractivity contribution in [2.75, 3.05) is 6.61 Å². The second-order valence-electron chi connectivity index (χ2n) is 5.34. The van der Waals surface area contributed by atoms with E-state index in [2.05, 4.69) is 4.74 Å². The molecule has 0 bridgehead atoms. The van der Waals surface area contributed by atoms with Crippen LogP contribution in [0.4, 0.5) is 13.2 Å². The van der Waals surface area contributed by atoms with Crippen LogP contribution < -0.4 is 4.74 Å². The van der Waals surface area contributed by atoms with Crippen LogP contribution in [0.15, 0.2) is 24.3 Å². The lowest BCUT2D eigenvalue weighted by atomic mass is 9.88. The number of halogens is 3. The molecule has 0 aliphatic heterocycles. The fraction of sp³-hybridized carbons (Fsp3) is 0.538. The van der Waals surface area contributed by atoms with Gasteiger partial charge in [0.15, 0.2) is 0 Å². The fourth-order valence-corrected chi connectivity index (χ4v) is 2.60. The summed E-state index contributed by atoms with van der Waals surface area (Å²) in [4.78, 5) is 0. The molecule has 0 amide bonds. The molecule has 0 saturated heterocycles. The van der Waals surface area contributed by atoms with Crippen molar-refractivity contribution in [2.24, 2.45) is 5.41 Å². The van der Waals surface area contributed by atoms with Gasteiger partial charge in [0.2, 0.25) is 0 Å². The van der Waals surface area contributed by atoms with Crippen LogP contribution in [0.1, 0.15) is 25.8 Å². The van der Waals surface area contributed by atoms with E-state index in [9.17, 15) is 18.3 Å². The van der Waals surface area contributed by atoms with Gasteiger partial charge in [-0.05, 0) is 17.9 Å². The van der Waals surface area contributed by atoms with Crippen molar-refractivity contribution in [3.63, 3.8) is 0 Å². The first kappa shape index (κ1) is 13.2. The van der Waals surface area contributed by atoms with E-state index < -0.39 is 11.8 Å². The molecule has 1 unspecified atom stereocenters. The number of ether oxygens (including phenoxy) is 1. The highest BCUT2D eigenvalue weighted by Gasteiger charge is 2.62. The predicted octanol–water partition coefficient (Wildman–Crippen LogP) is 3.25. The summed E-state index contributed by atoms with van der Waals surface area (Å²) in [5.74, 6) is -0.218. The number of hydrogen-bond donors (Lipinski definition) is 1. The zero-order valence-corrected chi connectivity index (χ0v) is 10.2. The minimum absolute atomic E-state index is 0.182. The van der Waals surface area contributed by atoms with Crippen LogP contribution in [0.2, 0.25) is 0 Å². The number of alkyl halides is 3. The number of para-hydroxylation sites is 1. The summed E-state index contributed by atoms with van der Waals surface area (Å²) < 4.78 is 41.1. The molecule has 100 valence electrons. The minimum atomic E-state index is -4.72. The molecular weight excluding hydrogens is 245 g/mol. The summed E-state index contributed by atoms with van der Waals surface area (Å²) >= 11 is 0. The Morgan fingerprint density at radius 3 is 2.28 bits per heavy atom. The van der Waals surface area contributed by atoms with Gasteiger partial charge in [0.25, 0.3) is 0 Å². The lowest BCUT2D eigenvalue weighted by Crippen LogP contribution is -2.24. The zero-order valence-electron chi connectivity index (χ0n) is 10.2. The summed E-state index contributed by atoms with van der Waals surface area (Å²) in [5, 5.41) is 9.53. The van der Waals surface area contributed by atoms with Gasteiger partial charge in [-0.3, -0.25) is 0 Å². The molecule has 1 aromatic rings. The van der Waals surface area contributed by atoms with Crippen molar-refractivity contribution < 1.29 is 23.0 Å². The van der Waals surface area contributed by atoms with Gasteiger partial charge in [-0.2, -0.15) is 0 Å². The third-order valence-corrected chi connectivity index (χ3v) is 3.81. The third kappa shape index (κ3) is 2.07. The van der Waals surface area contributed by atoms with Crippen molar-refractivity contribution in [2.45, 2.75) is 32.0 Å². The van der Waals surface area contributed by atoms with Crippen LogP contribution in [-0.2, 0) is 5.41 Å². The number of aliphatic hydroxyl groups excluding tert-OH is 1. The average Bonchev–Trinajstić information content (AvgIpc) is 2.80. The van der Waals surface area contributed by atoms with Crippen molar-refractivity contribution in [3.8, 4) is 5.75 Å². The second-order valence-corrected chi connectivity index (χ2v) is 5.34. The van der Waals surface area contributed by atoms with Crippen molar-refractivity contribution >= 4 is 0 Å². The van der Waals surface area contributed by atoms with E-state index in [1.165, 1.54) is 12.1 Å². The molecular formula is C13H15F3O2. The van der Waals surface area contributed by atoms with Crippen LogP contribution in [0, 0.1) is 5.41 Å². The highest BCUT2D eigenvalue weighted by atomic mass is 19.4. The highest BCUT2D eigenvalue weighted by Crippen LogP contribution is 2.65. The Kier molecular flexibility index (Phi) is 2.85. The Hall–Kier alpha value is -1.23. The van der Waals surface area contributed by atoms with Gasteiger partial charge in [0, 0.05) is 11.0 Å². The number of hydrogen-bond acceptors (Lipinski definition) is 2. The quantitative estimate of drug-likeness (QED) is 0.904. The zero-order chi connectivity index (χ0) is 13.6. The van der Waals surface area contributed by atoms with Crippen LogP contribution in [0.5, 0.6) is 5.75 Å². The third-order valence-electron chi connectivity index (χ3n) is 3.81. The second kappa shape index (κ2) is 3.88. The molecule has 5 heteroatoms. The van der Waals surface area contributed by atoms with Gasteiger partial charge >= 0.3 is 6.36 Å². The van der Waals surface area contributed by atoms with E-state index in [1.54, 1.807) is 12.1 Å². The molecule has 1 N–H and O–H groups in total. The normalized spacial score (nSPS) is 25.9. The lowest BCUT2D eigenvalue weighted by molar-refractivity contribution is -0.275. The summed E-state index contributed by atoms with van der Waals surface area (Å²) in [6.07, 6.45) is -4.07.